The second-order valence-electron chi connectivity index (χ2n) is 7.16. The second kappa shape index (κ2) is 8.55. The molecule has 1 aliphatic rings. The van der Waals surface area contributed by atoms with E-state index in [-0.39, 0.29) is 19.3 Å². The molecule has 5 rings (SSSR count). The molecule has 4 aromatic rings. The highest BCUT2D eigenvalue weighted by molar-refractivity contribution is 6.00. The van der Waals surface area contributed by atoms with Gasteiger partial charge in [0.1, 0.15) is 12.4 Å². The third kappa shape index (κ3) is 3.92. The van der Waals surface area contributed by atoms with Crippen molar-refractivity contribution in [2.24, 2.45) is 0 Å². The fourth-order valence-electron chi connectivity index (χ4n) is 3.63. The number of hydrogen-bond acceptors (Lipinski definition) is 6. The van der Waals surface area contributed by atoms with E-state index in [1.54, 1.807) is 6.92 Å². The minimum Gasteiger partial charge on any atom is -0.489 e. The van der Waals surface area contributed by atoms with Gasteiger partial charge in [0.25, 0.3) is 0 Å². The van der Waals surface area contributed by atoms with E-state index in [4.69, 9.17) is 23.7 Å². The summed E-state index contributed by atoms with van der Waals surface area (Å²) in [5.41, 5.74) is 3.38. The third-order valence-electron chi connectivity index (χ3n) is 5.09. The molecule has 2 heterocycles. The number of nitrogens with one attached hydrogen (secondary N) is 1. The van der Waals surface area contributed by atoms with Gasteiger partial charge in [-0.15, -0.1) is 0 Å². The van der Waals surface area contributed by atoms with Crippen LogP contribution in [0.2, 0.25) is 0 Å². The molecule has 0 amide bonds. The van der Waals surface area contributed by atoms with Crippen LogP contribution < -0.4 is 18.9 Å². The largest absolute Gasteiger partial charge is 0.515 e. The Kier molecular flexibility index (Phi) is 5.29. The minimum absolute atomic E-state index is 0.182. The minimum atomic E-state index is -0.776. The van der Waals surface area contributed by atoms with Crippen LogP contribution in [-0.4, -0.2) is 24.5 Å². The van der Waals surface area contributed by atoms with Crippen molar-refractivity contribution >= 4 is 17.1 Å². The molecule has 0 saturated heterocycles. The first-order valence-corrected chi connectivity index (χ1v) is 10.3. The lowest BCUT2D eigenvalue weighted by molar-refractivity contribution is 0.103. The van der Waals surface area contributed by atoms with Gasteiger partial charge in [0, 0.05) is 11.5 Å². The van der Waals surface area contributed by atoms with Crippen LogP contribution in [0, 0.1) is 0 Å². The van der Waals surface area contributed by atoms with E-state index >= 15 is 0 Å². The van der Waals surface area contributed by atoms with E-state index in [9.17, 15) is 4.79 Å². The Labute approximate surface area is 184 Å². The summed E-state index contributed by atoms with van der Waals surface area (Å²) in [4.78, 5) is 15.2. The molecule has 1 N–H and O–H groups in total. The fourth-order valence-corrected chi connectivity index (χ4v) is 3.63. The van der Waals surface area contributed by atoms with Crippen molar-refractivity contribution < 1.29 is 28.5 Å². The zero-order chi connectivity index (χ0) is 21.9. The number of H-pyrrole nitrogens is 1. The fraction of sp³-hybridized carbons (Fsp3) is 0.160. The Morgan fingerprint density at radius 3 is 2.69 bits per heavy atom. The maximum Gasteiger partial charge on any atom is 0.515 e. The van der Waals surface area contributed by atoms with Gasteiger partial charge in [0.15, 0.2) is 11.5 Å². The second-order valence-corrected chi connectivity index (χ2v) is 7.16. The summed E-state index contributed by atoms with van der Waals surface area (Å²) in [6.07, 6.45) is -0.776. The van der Waals surface area contributed by atoms with Gasteiger partial charge in [0.05, 0.1) is 17.7 Å². The van der Waals surface area contributed by atoms with Crippen molar-refractivity contribution in [3.8, 4) is 34.3 Å². The van der Waals surface area contributed by atoms with E-state index in [2.05, 4.69) is 4.98 Å². The lowest BCUT2D eigenvalue weighted by Crippen LogP contribution is -2.10. The molecule has 0 atom stereocenters. The van der Waals surface area contributed by atoms with E-state index in [1.807, 2.05) is 66.7 Å². The molecule has 7 nitrogen and oxygen atoms in total. The van der Waals surface area contributed by atoms with Crippen LogP contribution in [0.15, 0.2) is 66.7 Å². The van der Waals surface area contributed by atoms with E-state index < -0.39 is 6.16 Å². The van der Waals surface area contributed by atoms with Gasteiger partial charge in [0.2, 0.25) is 12.7 Å². The van der Waals surface area contributed by atoms with Crippen LogP contribution in [-0.2, 0) is 11.3 Å². The maximum absolute atomic E-state index is 12.1. The van der Waals surface area contributed by atoms with E-state index in [0.717, 1.165) is 27.6 Å². The number of fused-ring (bicyclic) bond motifs is 2. The first kappa shape index (κ1) is 19.8. The smallest absolute Gasteiger partial charge is 0.489 e. The molecule has 32 heavy (non-hydrogen) atoms. The molecule has 0 saturated carbocycles. The molecule has 0 radical (unpaired) electrons. The molecule has 0 spiro atoms. The lowest BCUT2D eigenvalue weighted by atomic mass is 10.0. The van der Waals surface area contributed by atoms with Gasteiger partial charge in [-0.05, 0) is 42.3 Å². The number of aromatic nitrogens is 1. The Bertz CT molecular complexity index is 1260. The SMILES string of the molecule is CCOC(=O)Oc1[nH]c2cc(OCc3ccccc3)ccc2c1-c1ccc2c(c1)OCO2. The van der Waals surface area contributed by atoms with Crippen LogP contribution in [0.5, 0.6) is 23.1 Å². The van der Waals surface area contributed by atoms with Crippen LogP contribution in [0.1, 0.15) is 12.5 Å². The monoisotopic (exact) mass is 431 g/mol. The molecule has 1 aliphatic heterocycles. The predicted molar refractivity (Wildman–Crippen MR) is 118 cm³/mol. The highest BCUT2D eigenvalue weighted by Gasteiger charge is 2.21. The van der Waals surface area contributed by atoms with Crippen molar-refractivity contribution in [3.05, 3.63) is 72.3 Å². The number of benzene rings is 3. The molecular formula is C25H21NO6. The van der Waals surface area contributed by atoms with Crippen LogP contribution >= 0.6 is 0 Å². The topological polar surface area (TPSA) is 79.0 Å². The Morgan fingerprint density at radius 2 is 1.84 bits per heavy atom. The molecule has 0 bridgehead atoms. The standard InChI is InChI=1S/C25H21NO6/c1-2-28-25(27)32-24-23(17-8-11-21-22(12-17)31-15-30-21)19-10-9-18(13-20(19)26-24)29-14-16-6-4-3-5-7-16/h3-13,26H,2,14-15H2,1H3. The first-order valence-electron chi connectivity index (χ1n) is 10.3. The van der Waals surface area contributed by atoms with Crippen LogP contribution in [0.25, 0.3) is 22.0 Å². The number of ether oxygens (including phenoxy) is 5. The zero-order valence-electron chi connectivity index (χ0n) is 17.4. The maximum atomic E-state index is 12.1. The highest BCUT2D eigenvalue weighted by atomic mass is 16.7. The van der Waals surface area contributed by atoms with E-state index in [0.29, 0.717) is 23.9 Å². The molecule has 1 aromatic heterocycles. The molecule has 162 valence electrons. The Hall–Kier alpha value is -4.13. The normalized spacial score (nSPS) is 12.0. The van der Waals surface area contributed by atoms with Crippen molar-refractivity contribution in [2.75, 3.05) is 13.4 Å². The Balaban J connectivity index is 1.51. The van der Waals surface area contributed by atoms with Gasteiger partial charge < -0.3 is 28.7 Å². The molecule has 0 fully saturated rings. The van der Waals surface area contributed by atoms with Gasteiger partial charge in [-0.1, -0.05) is 36.4 Å². The van der Waals surface area contributed by atoms with Gasteiger partial charge in [-0.3, -0.25) is 0 Å². The molecule has 7 heteroatoms. The Morgan fingerprint density at radius 1 is 1.00 bits per heavy atom. The molecule has 0 unspecified atom stereocenters. The van der Waals surface area contributed by atoms with Crippen LogP contribution in [0.4, 0.5) is 4.79 Å². The summed E-state index contributed by atoms with van der Waals surface area (Å²) in [7, 11) is 0. The number of hydrogen-bond donors (Lipinski definition) is 1. The van der Waals surface area contributed by atoms with Gasteiger partial charge >= 0.3 is 6.16 Å². The van der Waals surface area contributed by atoms with Crippen molar-refractivity contribution in [1.29, 1.82) is 0 Å². The number of rotatable bonds is 6. The molecule has 0 aliphatic carbocycles. The summed E-state index contributed by atoms with van der Waals surface area (Å²) < 4.78 is 27.3. The number of aromatic amines is 1. The highest BCUT2D eigenvalue weighted by Crippen LogP contribution is 2.43. The van der Waals surface area contributed by atoms with Gasteiger partial charge in [-0.2, -0.15) is 0 Å². The van der Waals surface area contributed by atoms with Crippen molar-refractivity contribution in [2.45, 2.75) is 13.5 Å². The molecule has 3 aromatic carbocycles. The number of carbonyl (C=O) groups is 1. The summed E-state index contributed by atoms with van der Waals surface area (Å²) in [5, 5.41) is 0.871. The van der Waals surface area contributed by atoms with Crippen molar-refractivity contribution in [1.82, 2.24) is 4.98 Å². The average Bonchev–Trinajstić information content (AvgIpc) is 3.41. The quantitative estimate of drug-likeness (QED) is 0.396. The van der Waals surface area contributed by atoms with Crippen LogP contribution in [0.3, 0.4) is 0 Å². The van der Waals surface area contributed by atoms with E-state index in [1.165, 1.54) is 0 Å². The first-order chi connectivity index (χ1) is 15.7. The predicted octanol–water partition coefficient (Wildman–Crippen LogP) is 5.68. The zero-order valence-corrected chi connectivity index (χ0v) is 17.4. The van der Waals surface area contributed by atoms with Gasteiger partial charge in [-0.25, -0.2) is 4.79 Å². The third-order valence-corrected chi connectivity index (χ3v) is 5.09. The van der Waals surface area contributed by atoms with Crippen molar-refractivity contribution in [3.63, 3.8) is 0 Å². The summed E-state index contributed by atoms with van der Waals surface area (Å²) in [5.74, 6) is 2.31. The average molecular weight is 431 g/mol. The summed E-state index contributed by atoms with van der Waals surface area (Å²) in [6.45, 7) is 2.58. The summed E-state index contributed by atoms with van der Waals surface area (Å²) in [6, 6.07) is 21.2. The number of carbonyl (C=O) groups excluding carboxylic acids is 1. The lowest BCUT2D eigenvalue weighted by Gasteiger charge is -2.08. The molecular weight excluding hydrogens is 410 g/mol. The summed E-state index contributed by atoms with van der Waals surface area (Å²) >= 11 is 0.